The molecule has 0 aliphatic carbocycles. The summed E-state index contributed by atoms with van der Waals surface area (Å²) in [6, 6.07) is 11.4. The van der Waals surface area contributed by atoms with Crippen molar-refractivity contribution in [3.05, 3.63) is 51.5 Å². The van der Waals surface area contributed by atoms with Gasteiger partial charge in [-0.2, -0.15) is 5.10 Å². The molecule has 1 heterocycles. The fourth-order valence-corrected chi connectivity index (χ4v) is 1.99. The van der Waals surface area contributed by atoms with Gasteiger partial charge < -0.3 is 9.73 Å². The van der Waals surface area contributed by atoms with Crippen LogP contribution in [0.15, 0.2) is 45.9 Å². The highest BCUT2D eigenvalue weighted by Gasteiger charge is 2.01. The van der Waals surface area contributed by atoms with Gasteiger partial charge in [-0.25, -0.2) is 5.43 Å². The molecule has 0 saturated carbocycles. The normalized spacial score (nSPS) is 10.7. The van der Waals surface area contributed by atoms with Crippen LogP contribution in [0.4, 0.5) is 5.69 Å². The quantitative estimate of drug-likeness (QED) is 0.474. The minimum absolute atomic E-state index is 0.165. The lowest BCUT2D eigenvalue weighted by Crippen LogP contribution is -2.26. The zero-order valence-corrected chi connectivity index (χ0v) is 13.0. The largest absolute Gasteiger partial charge is 0.449 e. The first kappa shape index (κ1) is 14.6. The van der Waals surface area contributed by atoms with E-state index in [2.05, 4.69) is 38.4 Å². The van der Waals surface area contributed by atoms with Crippen molar-refractivity contribution in [2.24, 2.45) is 5.10 Å². The summed E-state index contributed by atoms with van der Waals surface area (Å²) in [4.78, 5) is 11.6. The summed E-state index contributed by atoms with van der Waals surface area (Å²) >= 11 is 2.06. The Morgan fingerprint density at radius 1 is 1.35 bits per heavy atom. The number of furan rings is 1. The van der Waals surface area contributed by atoms with E-state index in [0.717, 1.165) is 15.0 Å². The molecule has 2 N–H and O–H groups in total. The predicted octanol–water partition coefficient (Wildman–Crippen LogP) is 2.75. The van der Waals surface area contributed by atoms with Crippen LogP contribution in [0.3, 0.4) is 0 Å². The van der Waals surface area contributed by atoms with Crippen LogP contribution in [0.1, 0.15) is 11.3 Å². The van der Waals surface area contributed by atoms with E-state index < -0.39 is 0 Å². The summed E-state index contributed by atoms with van der Waals surface area (Å²) in [5.74, 6) is 0.382. The molecule has 6 heteroatoms. The first-order valence-corrected chi connectivity index (χ1v) is 7.10. The average Bonchev–Trinajstić information content (AvgIpc) is 2.83. The Labute approximate surface area is 130 Å². The third-order valence-corrected chi connectivity index (χ3v) is 3.14. The summed E-state index contributed by atoms with van der Waals surface area (Å²) in [5, 5.41) is 6.88. The molecule has 0 aliphatic heterocycles. The Morgan fingerprint density at radius 3 is 2.85 bits per heavy atom. The number of nitrogens with one attached hydrogen (secondary N) is 2. The van der Waals surface area contributed by atoms with Gasteiger partial charge in [0.15, 0.2) is 3.77 Å². The number of halogens is 1. The van der Waals surface area contributed by atoms with Crippen molar-refractivity contribution in [2.45, 2.75) is 6.92 Å². The van der Waals surface area contributed by atoms with Crippen LogP contribution in [0.25, 0.3) is 0 Å². The van der Waals surface area contributed by atoms with Crippen LogP contribution in [-0.4, -0.2) is 18.7 Å². The molecule has 0 radical (unpaired) electrons. The second-order valence-electron chi connectivity index (χ2n) is 4.10. The second-order valence-corrected chi connectivity index (χ2v) is 5.17. The Kier molecular flexibility index (Phi) is 5.16. The van der Waals surface area contributed by atoms with E-state index >= 15 is 0 Å². The fourth-order valence-electron chi connectivity index (χ4n) is 1.55. The van der Waals surface area contributed by atoms with Crippen molar-refractivity contribution >= 4 is 40.4 Å². The van der Waals surface area contributed by atoms with Crippen LogP contribution >= 0.6 is 22.6 Å². The van der Waals surface area contributed by atoms with E-state index in [0.29, 0.717) is 5.76 Å². The van der Waals surface area contributed by atoms with E-state index in [4.69, 9.17) is 4.42 Å². The molecule has 0 saturated heterocycles. The van der Waals surface area contributed by atoms with Gasteiger partial charge >= 0.3 is 0 Å². The van der Waals surface area contributed by atoms with Gasteiger partial charge in [0.2, 0.25) is 0 Å². The number of aryl methyl sites for hydroxylation is 1. The third-order valence-electron chi connectivity index (χ3n) is 2.56. The first-order chi connectivity index (χ1) is 9.65. The molecule has 0 fully saturated rings. The van der Waals surface area contributed by atoms with Gasteiger partial charge in [0.1, 0.15) is 5.76 Å². The average molecular weight is 383 g/mol. The van der Waals surface area contributed by atoms with E-state index in [1.54, 1.807) is 6.07 Å². The van der Waals surface area contributed by atoms with Gasteiger partial charge in [-0.3, -0.25) is 4.79 Å². The first-order valence-electron chi connectivity index (χ1n) is 6.02. The number of rotatable bonds is 5. The predicted molar refractivity (Wildman–Crippen MR) is 86.8 cm³/mol. The number of nitrogens with zero attached hydrogens (tertiary/aromatic N) is 1. The summed E-state index contributed by atoms with van der Waals surface area (Å²) in [7, 11) is 0. The van der Waals surface area contributed by atoms with E-state index in [9.17, 15) is 4.79 Å². The number of amides is 1. The van der Waals surface area contributed by atoms with Gasteiger partial charge in [0, 0.05) is 5.69 Å². The van der Waals surface area contributed by atoms with Crippen molar-refractivity contribution in [3.63, 3.8) is 0 Å². The number of carbonyl (C=O) groups is 1. The van der Waals surface area contributed by atoms with E-state index in [-0.39, 0.29) is 12.5 Å². The molecule has 1 amide bonds. The molecule has 1 aromatic carbocycles. The standard InChI is InChI=1S/C14H14IN3O2/c1-10-4-2-3-5-12(10)16-9-14(19)18-17-8-11-6-7-13(15)20-11/h2-8,16H,9H2,1H3,(H,18,19). The van der Waals surface area contributed by atoms with Crippen LogP contribution in [0.2, 0.25) is 0 Å². The number of benzene rings is 1. The van der Waals surface area contributed by atoms with E-state index in [1.807, 2.05) is 37.3 Å². The lowest BCUT2D eigenvalue weighted by atomic mass is 10.2. The molecule has 0 unspecified atom stereocenters. The molecule has 1 aromatic heterocycles. The maximum Gasteiger partial charge on any atom is 0.259 e. The summed E-state index contributed by atoms with van der Waals surface area (Å²) in [6.45, 7) is 2.15. The number of hydrazone groups is 1. The highest BCUT2D eigenvalue weighted by atomic mass is 127. The third kappa shape index (κ3) is 4.37. The summed E-state index contributed by atoms with van der Waals surface area (Å²) < 4.78 is 6.06. The van der Waals surface area contributed by atoms with Crippen molar-refractivity contribution in [1.82, 2.24) is 5.43 Å². The fraction of sp³-hybridized carbons (Fsp3) is 0.143. The topological polar surface area (TPSA) is 66.6 Å². The molecule has 0 aliphatic rings. The molecule has 2 rings (SSSR count). The minimum atomic E-state index is -0.217. The number of anilines is 1. The monoisotopic (exact) mass is 383 g/mol. The smallest absolute Gasteiger partial charge is 0.259 e. The van der Waals surface area contributed by atoms with Crippen molar-refractivity contribution in [1.29, 1.82) is 0 Å². The van der Waals surface area contributed by atoms with Crippen LogP contribution in [-0.2, 0) is 4.79 Å². The van der Waals surface area contributed by atoms with Crippen LogP contribution < -0.4 is 10.7 Å². The van der Waals surface area contributed by atoms with E-state index in [1.165, 1.54) is 6.21 Å². The second kappa shape index (κ2) is 7.09. The minimum Gasteiger partial charge on any atom is -0.449 e. The zero-order chi connectivity index (χ0) is 14.4. The number of hydrogen-bond donors (Lipinski definition) is 2. The van der Waals surface area contributed by atoms with Gasteiger partial charge in [-0.05, 0) is 53.3 Å². The van der Waals surface area contributed by atoms with Crippen LogP contribution in [0.5, 0.6) is 0 Å². The number of hydrogen-bond acceptors (Lipinski definition) is 4. The Hall–Kier alpha value is -1.83. The molecule has 104 valence electrons. The van der Waals surface area contributed by atoms with Gasteiger partial charge in [0.25, 0.3) is 5.91 Å². The Morgan fingerprint density at radius 2 is 2.15 bits per heavy atom. The molecule has 20 heavy (non-hydrogen) atoms. The van der Waals surface area contributed by atoms with Gasteiger partial charge in [-0.1, -0.05) is 18.2 Å². The van der Waals surface area contributed by atoms with Gasteiger partial charge in [0.05, 0.1) is 12.8 Å². The molecule has 0 atom stereocenters. The molecule has 0 spiro atoms. The molecular formula is C14H14IN3O2. The van der Waals surface area contributed by atoms with Crippen molar-refractivity contribution in [2.75, 3.05) is 11.9 Å². The lowest BCUT2D eigenvalue weighted by molar-refractivity contribution is -0.119. The molecular weight excluding hydrogens is 369 g/mol. The SMILES string of the molecule is Cc1ccccc1NCC(=O)NN=Cc1ccc(I)o1. The maximum absolute atomic E-state index is 11.6. The highest BCUT2D eigenvalue weighted by molar-refractivity contribution is 14.1. The number of para-hydroxylation sites is 1. The number of carbonyl (C=O) groups excluding carboxylic acids is 1. The van der Waals surface area contributed by atoms with Crippen molar-refractivity contribution < 1.29 is 9.21 Å². The summed E-state index contributed by atoms with van der Waals surface area (Å²) in [5.41, 5.74) is 4.46. The summed E-state index contributed by atoms with van der Waals surface area (Å²) in [6.07, 6.45) is 1.47. The lowest BCUT2D eigenvalue weighted by Gasteiger charge is -2.07. The zero-order valence-electron chi connectivity index (χ0n) is 10.9. The highest BCUT2D eigenvalue weighted by Crippen LogP contribution is 2.12. The molecule has 0 bridgehead atoms. The Bertz CT molecular complexity index is 622. The molecule has 2 aromatic rings. The molecule has 5 nitrogen and oxygen atoms in total. The van der Waals surface area contributed by atoms with Gasteiger partial charge in [-0.15, -0.1) is 0 Å². The maximum atomic E-state index is 11.6. The van der Waals surface area contributed by atoms with Crippen molar-refractivity contribution in [3.8, 4) is 0 Å². The Balaban J connectivity index is 1.78. The van der Waals surface area contributed by atoms with Crippen LogP contribution in [0, 0.1) is 10.7 Å².